The fraction of sp³-hybridized carbons (Fsp3) is 0.417. The molecule has 3 aliphatic rings. The van der Waals surface area contributed by atoms with Crippen LogP contribution in [0.15, 0.2) is 42.5 Å². The minimum atomic E-state index is -0.870. The molecule has 5 rings (SSSR count). The first-order valence-electron chi connectivity index (χ1n) is 10.5. The van der Waals surface area contributed by atoms with Crippen LogP contribution in [0.3, 0.4) is 0 Å². The Morgan fingerprint density at radius 1 is 1.21 bits per heavy atom. The van der Waals surface area contributed by atoms with Crippen LogP contribution in [0.5, 0.6) is 0 Å². The van der Waals surface area contributed by atoms with E-state index in [2.05, 4.69) is 47.6 Å². The zero-order chi connectivity index (χ0) is 20.2. The Bertz CT molecular complexity index is 1000. The van der Waals surface area contributed by atoms with Gasteiger partial charge in [-0.2, -0.15) is 0 Å². The second-order valence-corrected chi connectivity index (χ2v) is 8.68. The van der Waals surface area contributed by atoms with Crippen LogP contribution in [0.25, 0.3) is 0 Å². The van der Waals surface area contributed by atoms with Gasteiger partial charge in [-0.25, -0.2) is 0 Å². The fourth-order valence-electron chi connectivity index (χ4n) is 5.61. The molecule has 3 heterocycles. The summed E-state index contributed by atoms with van der Waals surface area (Å²) < 4.78 is 0. The first-order valence-corrected chi connectivity index (χ1v) is 10.5. The van der Waals surface area contributed by atoms with Crippen molar-refractivity contribution in [3.8, 4) is 0 Å². The van der Waals surface area contributed by atoms with Gasteiger partial charge in [-0.15, -0.1) is 0 Å². The maximum absolute atomic E-state index is 13.4. The van der Waals surface area contributed by atoms with Crippen LogP contribution in [-0.2, 0) is 21.7 Å². The summed E-state index contributed by atoms with van der Waals surface area (Å²) in [5, 5.41) is 6.19. The van der Waals surface area contributed by atoms with E-state index in [4.69, 9.17) is 0 Å². The van der Waals surface area contributed by atoms with Gasteiger partial charge in [-0.1, -0.05) is 36.4 Å². The zero-order valence-electron chi connectivity index (χ0n) is 17.0. The molecule has 0 aliphatic carbocycles. The maximum atomic E-state index is 13.4. The number of rotatable bonds is 3. The van der Waals surface area contributed by atoms with Crippen molar-refractivity contribution in [1.29, 1.82) is 0 Å². The molecule has 0 saturated carbocycles. The van der Waals surface area contributed by atoms with Crippen molar-refractivity contribution in [3.63, 3.8) is 0 Å². The third-order valence-electron chi connectivity index (χ3n) is 7.13. The molecule has 5 heteroatoms. The maximum Gasteiger partial charge on any atom is 0.250 e. The van der Waals surface area contributed by atoms with Crippen LogP contribution >= 0.6 is 0 Å². The van der Waals surface area contributed by atoms with Gasteiger partial charge in [0.1, 0.15) is 5.54 Å². The number of nitrogens with one attached hydrogen (secondary N) is 2. The highest BCUT2D eigenvalue weighted by Crippen LogP contribution is 2.55. The van der Waals surface area contributed by atoms with E-state index >= 15 is 0 Å². The molecule has 0 bridgehead atoms. The number of hydrogen-bond donors (Lipinski definition) is 2. The Morgan fingerprint density at radius 2 is 2.03 bits per heavy atom. The Hall–Kier alpha value is -2.66. The Labute approximate surface area is 171 Å². The van der Waals surface area contributed by atoms with Crippen LogP contribution in [0.2, 0.25) is 0 Å². The third-order valence-corrected chi connectivity index (χ3v) is 7.13. The summed E-state index contributed by atoms with van der Waals surface area (Å²) in [6, 6.07) is 14.4. The molecular weight excluding hydrogens is 362 g/mol. The van der Waals surface area contributed by atoms with Crippen molar-refractivity contribution in [2.24, 2.45) is 5.92 Å². The van der Waals surface area contributed by atoms with Gasteiger partial charge in [-0.3, -0.25) is 14.5 Å². The van der Waals surface area contributed by atoms with E-state index in [0.29, 0.717) is 12.6 Å². The molecule has 2 aromatic carbocycles. The summed E-state index contributed by atoms with van der Waals surface area (Å²) in [7, 11) is 0. The molecule has 2 fully saturated rings. The lowest BCUT2D eigenvalue weighted by Gasteiger charge is -2.36. The molecule has 1 spiro atoms. The van der Waals surface area contributed by atoms with Crippen LogP contribution in [0.1, 0.15) is 41.5 Å². The number of hydrogen-bond acceptors (Lipinski definition) is 3. The smallest absolute Gasteiger partial charge is 0.250 e. The molecule has 0 radical (unpaired) electrons. The van der Waals surface area contributed by atoms with E-state index in [0.717, 1.165) is 42.6 Å². The SMILES string of the molecule is Cc1ccc(CNC(=O)[C@@H]2C[C@H]3CCCN3[C@]23C(=O)Nc2ccccc23)cc1C. The number of amides is 2. The molecule has 2 N–H and O–H groups in total. The molecule has 3 atom stereocenters. The largest absolute Gasteiger partial charge is 0.352 e. The van der Waals surface area contributed by atoms with Crippen LogP contribution < -0.4 is 10.6 Å². The average molecular weight is 389 g/mol. The topological polar surface area (TPSA) is 61.4 Å². The van der Waals surface area contributed by atoms with E-state index in [1.165, 1.54) is 11.1 Å². The van der Waals surface area contributed by atoms with Gasteiger partial charge in [0.15, 0.2) is 0 Å². The minimum Gasteiger partial charge on any atom is -0.352 e. The molecular formula is C24H27N3O2. The van der Waals surface area contributed by atoms with Gasteiger partial charge in [-0.05, 0) is 62.4 Å². The first kappa shape index (κ1) is 18.4. The normalized spacial score (nSPS) is 27.7. The van der Waals surface area contributed by atoms with Crippen LogP contribution in [0, 0.1) is 19.8 Å². The number of carbonyl (C=O) groups excluding carboxylic acids is 2. The minimum absolute atomic E-state index is 0.0236. The summed E-state index contributed by atoms with van der Waals surface area (Å²) in [6.07, 6.45) is 2.87. The van der Waals surface area contributed by atoms with Crippen molar-refractivity contribution in [3.05, 3.63) is 64.7 Å². The molecule has 2 amide bonds. The number of anilines is 1. The van der Waals surface area contributed by atoms with Crippen LogP contribution in [0.4, 0.5) is 5.69 Å². The highest BCUT2D eigenvalue weighted by molar-refractivity contribution is 6.09. The van der Waals surface area contributed by atoms with Crippen molar-refractivity contribution < 1.29 is 9.59 Å². The molecule has 0 aromatic heterocycles. The average Bonchev–Trinajstić information content (AvgIpc) is 3.37. The molecule has 5 nitrogen and oxygen atoms in total. The Kier molecular flexibility index (Phi) is 4.24. The fourth-order valence-corrected chi connectivity index (χ4v) is 5.61. The molecule has 0 unspecified atom stereocenters. The summed E-state index contributed by atoms with van der Waals surface area (Å²) in [4.78, 5) is 29.0. The number of carbonyl (C=O) groups is 2. The standard InChI is InChI=1S/C24H27N3O2/c1-15-9-10-17(12-16(15)2)14-25-22(28)20-13-18-6-5-11-27(18)24(20)19-7-3-4-8-21(19)26-23(24)29/h3-4,7-10,12,18,20H,5-6,11,13-14H2,1-2H3,(H,25,28)(H,26,29)/t18-,20+,24+/m1/s1. The highest BCUT2D eigenvalue weighted by atomic mass is 16.2. The predicted molar refractivity (Wildman–Crippen MR) is 112 cm³/mol. The number of fused-ring (bicyclic) bond motifs is 4. The number of aryl methyl sites for hydroxylation is 2. The van der Waals surface area contributed by atoms with E-state index < -0.39 is 5.54 Å². The molecule has 150 valence electrons. The van der Waals surface area contributed by atoms with Crippen molar-refractivity contribution in [1.82, 2.24) is 10.2 Å². The number of nitrogens with zero attached hydrogens (tertiary/aromatic N) is 1. The monoisotopic (exact) mass is 389 g/mol. The molecule has 2 saturated heterocycles. The van der Waals surface area contributed by atoms with Crippen molar-refractivity contribution in [2.45, 2.75) is 51.2 Å². The Morgan fingerprint density at radius 3 is 2.86 bits per heavy atom. The lowest BCUT2D eigenvalue weighted by molar-refractivity contribution is -0.137. The quantitative estimate of drug-likeness (QED) is 0.847. The second kappa shape index (κ2) is 6.70. The predicted octanol–water partition coefficient (Wildman–Crippen LogP) is 3.25. The summed E-state index contributed by atoms with van der Waals surface area (Å²) >= 11 is 0. The third kappa shape index (κ3) is 2.64. The van der Waals surface area contributed by atoms with Gasteiger partial charge >= 0.3 is 0 Å². The van der Waals surface area contributed by atoms with Gasteiger partial charge in [0.25, 0.3) is 0 Å². The van der Waals surface area contributed by atoms with Gasteiger partial charge in [0.05, 0.1) is 5.92 Å². The highest BCUT2D eigenvalue weighted by Gasteiger charge is 2.65. The van der Waals surface area contributed by atoms with Gasteiger partial charge in [0, 0.05) is 23.8 Å². The van der Waals surface area contributed by atoms with Crippen LogP contribution in [-0.4, -0.2) is 29.3 Å². The van der Waals surface area contributed by atoms with E-state index in [1.54, 1.807) is 0 Å². The van der Waals surface area contributed by atoms with Crippen molar-refractivity contribution >= 4 is 17.5 Å². The van der Waals surface area contributed by atoms with E-state index in [1.807, 2.05) is 24.3 Å². The molecule has 3 aliphatic heterocycles. The Balaban J connectivity index is 1.46. The first-order chi connectivity index (χ1) is 14.0. The van der Waals surface area contributed by atoms with E-state index in [-0.39, 0.29) is 17.7 Å². The number of para-hydroxylation sites is 1. The van der Waals surface area contributed by atoms with Crippen molar-refractivity contribution in [2.75, 3.05) is 11.9 Å². The lowest BCUT2D eigenvalue weighted by atomic mass is 9.78. The zero-order valence-corrected chi connectivity index (χ0v) is 17.0. The van der Waals surface area contributed by atoms with Gasteiger partial charge in [0.2, 0.25) is 11.8 Å². The summed E-state index contributed by atoms with van der Waals surface area (Å²) in [5.74, 6) is -0.443. The lowest BCUT2D eigenvalue weighted by Crippen LogP contribution is -2.54. The van der Waals surface area contributed by atoms with E-state index in [9.17, 15) is 9.59 Å². The summed E-state index contributed by atoms with van der Waals surface area (Å²) in [5.41, 5.74) is 4.49. The molecule has 2 aromatic rings. The summed E-state index contributed by atoms with van der Waals surface area (Å²) in [6.45, 7) is 5.53. The molecule has 29 heavy (non-hydrogen) atoms. The number of benzene rings is 2. The van der Waals surface area contributed by atoms with Gasteiger partial charge < -0.3 is 10.6 Å². The second-order valence-electron chi connectivity index (χ2n) is 8.68.